The first-order chi connectivity index (χ1) is 15.9. The molecule has 2 fully saturated rings. The van der Waals surface area contributed by atoms with Gasteiger partial charge in [0.15, 0.2) is 5.06 Å². The molecule has 3 heterocycles. The average molecular weight is 538 g/mol. The second-order valence-electron chi connectivity index (χ2n) is 7.78. The van der Waals surface area contributed by atoms with Crippen LogP contribution in [0.25, 0.3) is 0 Å². The molecule has 0 radical (unpaired) electrons. The maximum atomic E-state index is 13.2. The van der Waals surface area contributed by atoms with Gasteiger partial charge >= 0.3 is 6.09 Å². The molecule has 1 N–H and O–H groups in total. The van der Waals surface area contributed by atoms with E-state index in [9.17, 15) is 14.4 Å². The van der Waals surface area contributed by atoms with Crippen LogP contribution in [-0.2, 0) is 19.1 Å². The number of nitrogens with one attached hydrogen (secondary N) is 1. The van der Waals surface area contributed by atoms with E-state index in [0.29, 0.717) is 23.9 Å². The highest BCUT2D eigenvalue weighted by molar-refractivity contribution is 9.11. The summed E-state index contributed by atoms with van der Waals surface area (Å²) in [7, 11) is 1.52. The zero-order valence-electron chi connectivity index (χ0n) is 18.2. The number of morpholine rings is 1. The topological polar surface area (TPSA) is 97.4 Å². The summed E-state index contributed by atoms with van der Waals surface area (Å²) in [5.41, 5.74) is 2.37. The van der Waals surface area contributed by atoms with Crippen LogP contribution in [0.5, 0.6) is 5.06 Å². The summed E-state index contributed by atoms with van der Waals surface area (Å²) >= 11 is 4.63. The Labute approximate surface area is 203 Å². The van der Waals surface area contributed by atoms with Crippen molar-refractivity contribution in [1.29, 1.82) is 0 Å². The summed E-state index contributed by atoms with van der Waals surface area (Å²) < 4.78 is 16.6. The van der Waals surface area contributed by atoms with Crippen molar-refractivity contribution >= 4 is 56.5 Å². The number of rotatable bonds is 6. The Morgan fingerprint density at radius 2 is 2.09 bits per heavy atom. The van der Waals surface area contributed by atoms with Gasteiger partial charge in [-0.25, -0.2) is 4.79 Å². The van der Waals surface area contributed by atoms with Crippen molar-refractivity contribution in [2.75, 3.05) is 49.8 Å². The molecule has 0 bridgehead atoms. The van der Waals surface area contributed by atoms with Crippen LogP contribution in [-0.4, -0.2) is 64.0 Å². The molecule has 176 valence electrons. The Bertz CT molecular complexity index is 1060. The van der Waals surface area contributed by atoms with Crippen molar-refractivity contribution in [2.45, 2.75) is 13.0 Å². The van der Waals surface area contributed by atoms with Crippen LogP contribution in [0, 0.1) is 12.8 Å². The first-order valence-electron chi connectivity index (χ1n) is 10.4. The van der Waals surface area contributed by atoms with Crippen LogP contribution in [0.2, 0.25) is 0 Å². The molecule has 0 aliphatic carbocycles. The van der Waals surface area contributed by atoms with Crippen molar-refractivity contribution in [3.05, 3.63) is 39.7 Å². The van der Waals surface area contributed by atoms with Crippen LogP contribution in [0.3, 0.4) is 0 Å². The van der Waals surface area contributed by atoms with Crippen LogP contribution >= 0.6 is 27.3 Å². The molecule has 2 aliphatic rings. The van der Waals surface area contributed by atoms with E-state index in [0.717, 1.165) is 15.0 Å². The first kappa shape index (κ1) is 23.7. The fourth-order valence-electron chi connectivity index (χ4n) is 4.04. The minimum Gasteiger partial charge on any atom is -0.399 e. The Morgan fingerprint density at radius 1 is 1.27 bits per heavy atom. The van der Waals surface area contributed by atoms with E-state index in [1.807, 2.05) is 25.1 Å². The summed E-state index contributed by atoms with van der Waals surface area (Å²) in [4.78, 5) is 41.1. The van der Waals surface area contributed by atoms with Gasteiger partial charge in [0.2, 0.25) is 5.91 Å². The van der Waals surface area contributed by atoms with Crippen molar-refractivity contribution in [2.24, 2.45) is 5.92 Å². The second-order valence-corrected chi connectivity index (χ2v) is 10.2. The number of thiophene rings is 1. The van der Waals surface area contributed by atoms with E-state index >= 15 is 0 Å². The molecule has 2 atom stereocenters. The predicted octanol–water partition coefficient (Wildman–Crippen LogP) is 2.95. The lowest BCUT2D eigenvalue weighted by molar-refractivity contribution is -0.125. The van der Waals surface area contributed by atoms with Gasteiger partial charge in [0.25, 0.3) is 5.91 Å². The number of aryl methyl sites for hydroxylation is 1. The smallest absolute Gasteiger partial charge is 0.399 e. The molecule has 11 heteroatoms. The third-order valence-electron chi connectivity index (χ3n) is 5.61. The molecule has 2 aromatic rings. The maximum Gasteiger partial charge on any atom is 0.413 e. The highest BCUT2D eigenvalue weighted by Gasteiger charge is 2.42. The van der Waals surface area contributed by atoms with Gasteiger partial charge in [-0.1, -0.05) is 11.3 Å². The molecular weight excluding hydrogens is 514 g/mol. The number of amides is 3. The second kappa shape index (κ2) is 10.2. The Hall–Kier alpha value is -2.47. The summed E-state index contributed by atoms with van der Waals surface area (Å²) in [6.45, 7) is 3.40. The molecule has 2 aliphatic heterocycles. The summed E-state index contributed by atoms with van der Waals surface area (Å²) in [5, 5.41) is 3.26. The Kier molecular flexibility index (Phi) is 7.32. The lowest BCUT2D eigenvalue weighted by Gasteiger charge is -2.29. The number of nitrogens with zero attached hydrogens (tertiary/aromatic N) is 2. The number of benzene rings is 1. The number of carbonyl (C=O) groups excluding carboxylic acids is 3. The molecular formula is C22H24BrN3O6S. The van der Waals surface area contributed by atoms with Gasteiger partial charge in [0.1, 0.15) is 6.61 Å². The van der Waals surface area contributed by atoms with Gasteiger partial charge in [-0.2, -0.15) is 0 Å². The predicted molar refractivity (Wildman–Crippen MR) is 127 cm³/mol. The normalized spacial score (nSPS) is 20.9. The standard InChI is InChI=1S/C22H24BrN3O6S/c1-13-9-14(3-4-17(13)25-7-8-31-12-19(25)27)26-10-16(15(11-30-2)21(26)28)24-22(29)32-20-6-5-18(23)33-20/h3-6,9,15-16H,7-8,10-12H2,1-2H3,(H,24,29). The Balaban J connectivity index is 1.49. The van der Waals surface area contributed by atoms with Gasteiger partial charge in [-0.05, 0) is 58.7 Å². The minimum absolute atomic E-state index is 0.0658. The highest BCUT2D eigenvalue weighted by atomic mass is 79.9. The number of methoxy groups -OCH3 is 1. The monoisotopic (exact) mass is 537 g/mol. The van der Waals surface area contributed by atoms with E-state index in [-0.39, 0.29) is 31.6 Å². The number of hydrogen-bond donors (Lipinski definition) is 1. The molecule has 33 heavy (non-hydrogen) atoms. The average Bonchev–Trinajstić information content (AvgIpc) is 3.32. The molecule has 2 saturated heterocycles. The quantitative estimate of drug-likeness (QED) is 0.608. The van der Waals surface area contributed by atoms with Gasteiger partial charge in [-0.15, -0.1) is 0 Å². The third-order valence-corrected chi connectivity index (χ3v) is 7.11. The van der Waals surface area contributed by atoms with Crippen LogP contribution in [0.4, 0.5) is 16.2 Å². The first-order valence-corrected chi connectivity index (χ1v) is 12.0. The van der Waals surface area contributed by atoms with Gasteiger partial charge < -0.3 is 29.3 Å². The molecule has 0 saturated carbocycles. The third kappa shape index (κ3) is 5.21. The fourth-order valence-corrected chi connectivity index (χ4v) is 5.23. The molecule has 1 aromatic carbocycles. The van der Waals surface area contributed by atoms with Crippen LogP contribution in [0.15, 0.2) is 34.1 Å². The van der Waals surface area contributed by atoms with Crippen LogP contribution in [0.1, 0.15) is 5.56 Å². The van der Waals surface area contributed by atoms with E-state index in [4.69, 9.17) is 14.2 Å². The highest BCUT2D eigenvalue weighted by Crippen LogP contribution is 2.32. The van der Waals surface area contributed by atoms with Crippen LogP contribution < -0.4 is 19.9 Å². The van der Waals surface area contributed by atoms with Crippen molar-refractivity contribution < 1.29 is 28.6 Å². The number of hydrogen-bond acceptors (Lipinski definition) is 7. The van der Waals surface area contributed by atoms with E-state index < -0.39 is 18.1 Å². The lowest BCUT2D eigenvalue weighted by atomic mass is 10.0. The van der Waals surface area contributed by atoms with Gasteiger partial charge in [0, 0.05) is 31.6 Å². The van der Waals surface area contributed by atoms with Crippen molar-refractivity contribution in [1.82, 2.24) is 5.32 Å². The SMILES string of the molecule is COCC1C(=O)N(c2ccc(N3CCOCC3=O)c(C)c2)CC1NC(=O)Oc1ccc(Br)s1. The summed E-state index contributed by atoms with van der Waals surface area (Å²) in [6, 6.07) is 8.54. The molecule has 3 amide bonds. The fraction of sp³-hybridized carbons (Fsp3) is 0.409. The molecule has 2 unspecified atom stereocenters. The van der Waals surface area contributed by atoms with Crippen molar-refractivity contribution in [3.8, 4) is 5.06 Å². The van der Waals surface area contributed by atoms with E-state index in [2.05, 4.69) is 21.2 Å². The molecule has 4 rings (SSSR count). The molecule has 1 aromatic heterocycles. The van der Waals surface area contributed by atoms with E-state index in [1.54, 1.807) is 21.9 Å². The van der Waals surface area contributed by atoms with Gasteiger partial charge in [0.05, 0.1) is 29.0 Å². The number of ether oxygens (including phenoxy) is 3. The van der Waals surface area contributed by atoms with E-state index in [1.165, 1.54) is 18.4 Å². The molecule has 9 nitrogen and oxygen atoms in total. The minimum atomic E-state index is -0.623. The molecule has 0 spiro atoms. The number of carbonyl (C=O) groups is 3. The number of anilines is 2. The Morgan fingerprint density at radius 3 is 2.76 bits per heavy atom. The van der Waals surface area contributed by atoms with Crippen molar-refractivity contribution in [3.63, 3.8) is 0 Å². The maximum absolute atomic E-state index is 13.2. The number of halogens is 1. The summed E-state index contributed by atoms with van der Waals surface area (Å²) in [6.07, 6.45) is -0.623. The lowest BCUT2D eigenvalue weighted by Crippen LogP contribution is -2.43. The summed E-state index contributed by atoms with van der Waals surface area (Å²) in [5.74, 6) is -0.774. The largest absolute Gasteiger partial charge is 0.413 e. The zero-order chi connectivity index (χ0) is 23.5. The zero-order valence-corrected chi connectivity index (χ0v) is 20.6. The van der Waals surface area contributed by atoms with Gasteiger partial charge in [-0.3, -0.25) is 9.59 Å².